The molecule has 0 aromatic rings. The summed E-state index contributed by atoms with van der Waals surface area (Å²) < 4.78 is 0. The van der Waals surface area contributed by atoms with Crippen LogP contribution in [0.4, 0.5) is 0 Å². The monoisotopic (exact) mass is 290 g/mol. The molecule has 1 N–H and O–H groups in total. The normalized spacial score (nSPS) is 44.8. The van der Waals surface area contributed by atoms with Crippen molar-refractivity contribution >= 4 is 5.91 Å². The van der Waals surface area contributed by atoms with Gasteiger partial charge in [0.15, 0.2) is 0 Å². The van der Waals surface area contributed by atoms with E-state index in [4.69, 9.17) is 0 Å². The molecule has 0 unspecified atom stereocenters. The molecule has 5 fully saturated rings. The van der Waals surface area contributed by atoms with Crippen molar-refractivity contribution < 1.29 is 4.79 Å². The molecule has 5 rings (SSSR count). The Bertz CT molecular complexity index is 380. The first-order valence-corrected chi connectivity index (χ1v) is 9.28. The molecule has 1 heterocycles. The van der Waals surface area contributed by atoms with Crippen molar-refractivity contribution in [2.75, 3.05) is 13.1 Å². The van der Waals surface area contributed by atoms with Crippen LogP contribution in [0.15, 0.2) is 0 Å². The van der Waals surface area contributed by atoms with Crippen LogP contribution in [0.5, 0.6) is 0 Å². The second kappa shape index (κ2) is 5.57. The molecule has 3 heteroatoms. The van der Waals surface area contributed by atoms with Gasteiger partial charge < -0.3 is 10.2 Å². The number of nitrogens with one attached hydrogen (secondary N) is 1. The van der Waals surface area contributed by atoms with Gasteiger partial charge in [0.05, 0.1) is 0 Å². The van der Waals surface area contributed by atoms with E-state index < -0.39 is 0 Å². The second-order valence-electron chi connectivity index (χ2n) is 8.06. The highest BCUT2D eigenvalue weighted by molar-refractivity contribution is 5.79. The van der Waals surface area contributed by atoms with Crippen molar-refractivity contribution in [2.24, 2.45) is 23.7 Å². The summed E-state index contributed by atoms with van der Waals surface area (Å²) in [5.41, 5.74) is 0. The van der Waals surface area contributed by atoms with E-state index in [0.29, 0.717) is 18.0 Å². The Morgan fingerprint density at radius 1 is 1.10 bits per heavy atom. The van der Waals surface area contributed by atoms with Gasteiger partial charge in [0.1, 0.15) is 0 Å². The summed E-state index contributed by atoms with van der Waals surface area (Å²) in [5, 5.41) is 3.44. The molecule has 1 atom stereocenters. The van der Waals surface area contributed by atoms with E-state index in [1.807, 2.05) is 0 Å². The minimum absolute atomic E-state index is 0.467. The third-order valence-electron chi connectivity index (χ3n) is 6.78. The zero-order valence-corrected chi connectivity index (χ0v) is 13.4. The smallest absolute Gasteiger partial charge is 0.223 e. The molecule has 1 saturated heterocycles. The van der Waals surface area contributed by atoms with Crippen molar-refractivity contribution in [3.63, 3.8) is 0 Å². The third-order valence-corrected chi connectivity index (χ3v) is 6.78. The lowest BCUT2D eigenvalue weighted by Crippen LogP contribution is -2.58. The minimum atomic E-state index is 0.467. The van der Waals surface area contributed by atoms with Crippen LogP contribution < -0.4 is 5.32 Å². The lowest BCUT2D eigenvalue weighted by molar-refractivity contribution is -0.142. The third kappa shape index (κ3) is 2.42. The van der Waals surface area contributed by atoms with E-state index in [9.17, 15) is 4.79 Å². The van der Waals surface area contributed by atoms with Crippen molar-refractivity contribution in [1.82, 2.24) is 10.2 Å². The predicted octanol–water partition coefficient (Wildman–Crippen LogP) is 2.80. The quantitative estimate of drug-likeness (QED) is 0.790. The first-order valence-electron chi connectivity index (χ1n) is 9.28. The second-order valence-corrected chi connectivity index (χ2v) is 8.06. The van der Waals surface area contributed by atoms with Crippen LogP contribution in [0, 0.1) is 23.7 Å². The zero-order chi connectivity index (χ0) is 14.4. The molecule has 118 valence electrons. The zero-order valence-electron chi connectivity index (χ0n) is 13.4. The number of likely N-dealkylation sites (tertiary alicyclic amines) is 1. The first-order chi connectivity index (χ1) is 10.3. The highest BCUT2D eigenvalue weighted by atomic mass is 16.2. The van der Waals surface area contributed by atoms with E-state index in [2.05, 4.69) is 17.1 Å². The summed E-state index contributed by atoms with van der Waals surface area (Å²) in [6, 6.07) is 1.14. The Hall–Kier alpha value is -0.570. The summed E-state index contributed by atoms with van der Waals surface area (Å²) in [7, 11) is 0. The van der Waals surface area contributed by atoms with Crippen LogP contribution in [0.25, 0.3) is 0 Å². The first kappa shape index (κ1) is 14.0. The molecule has 1 amide bonds. The van der Waals surface area contributed by atoms with E-state index >= 15 is 0 Å². The van der Waals surface area contributed by atoms with Crippen LogP contribution in [0.2, 0.25) is 0 Å². The van der Waals surface area contributed by atoms with Crippen molar-refractivity contribution in [2.45, 2.75) is 70.4 Å². The van der Waals surface area contributed by atoms with Gasteiger partial charge in [0, 0.05) is 18.5 Å². The van der Waals surface area contributed by atoms with Crippen LogP contribution in [-0.2, 0) is 4.79 Å². The lowest BCUT2D eigenvalue weighted by atomic mass is 9.53. The molecule has 21 heavy (non-hydrogen) atoms. The van der Waals surface area contributed by atoms with Crippen LogP contribution in [0.1, 0.15) is 58.3 Å². The molecule has 0 radical (unpaired) electrons. The van der Waals surface area contributed by atoms with Gasteiger partial charge in [-0.05, 0) is 81.7 Å². The van der Waals surface area contributed by atoms with Gasteiger partial charge in [-0.1, -0.05) is 6.92 Å². The van der Waals surface area contributed by atoms with Crippen LogP contribution in [-0.4, -0.2) is 36.0 Å². The maximum Gasteiger partial charge on any atom is 0.223 e. The largest absolute Gasteiger partial charge is 0.336 e. The molecular weight excluding hydrogens is 260 g/mol. The van der Waals surface area contributed by atoms with E-state index in [1.165, 1.54) is 32.1 Å². The molecule has 1 aliphatic heterocycles. The number of carbonyl (C=O) groups excluding carboxylic acids is 1. The summed E-state index contributed by atoms with van der Waals surface area (Å²) in [4.78, 5) is 14.9. The van der Waals surface area contributed by atoms with Crippen LogP contribution in [0.3, 0.4) is 0 Å². The van der Waals surface area contributed by atoms with Gasteiger partial charge >= 0.3 is 0 Å². The number of nitrogens with zero attached hydrogens (tertiary/aromatic N) is 1. The SMILES string of the molecule is CCNCC[C@@H]1CCC(=O)N1C1C2CC3CC(C2)CC1C3. The molecule has 0 spiro atoms. The van der Waals surface area contributed by atoms with Gasteiger partial charge in [-0.2, -0.15) is 0 Å². The molecule has 4 saturated carbocycles. The maximum absolute atomic E-state index is 12.5. The molecule has 3 nitrogen and oxygen atoms in total. The average Bonchev–Trinajstić information content (AvgIpc) is 2.80. The topological polar surface area (TPSA) is 32.3 Å². The molecule has 4 aliphatic carbocycles. The molecule has 4 bridgehead atoms. The number of hydrogen-bond donors (Lipinski definition) is 1. The maximum atomic E-state index is 12.5. The average molecular weight is 290 g/mol. The van der Waals surface area contributed by atoms with Gasteiger partial charge in [0.25, 0.3) is 0 Å². The summed E-state index contributed by atoms with van der Waals surface area (Å²) in [6.45, 7) is 4.27. The number of hydrogen-bond acceptors (Lipinski definition) is 2. The van der Waals surface area contributed by atoms with Gasteiger partial charge in [-0.15, -0.1) is 0 Å². The highest BCUT2D eigenvalue weighted by Gasteiger charge is 2.52. The number of carbonyl (C=O) groups is 1. The van der Waals surface area contributed by atoms with Gasteiger partial charge in [0.2, 0.25) is 5.91 Å². The minimum Gasteiger partial charge on any atom is -0.336 e. The molecule has 5 aliphatic rings. The predicted molar refractivity (Wildman–Crippen MR) is 83.9 cm³/mol. The molecule has 0 aromatic carbocycles. The lowest BCUT2D eigenvalue weighted by Gasteiger charge is -2.57. The fraction of sp³-hybridized carbons (Fsp3) is 0.944. The van der Waals surface area contributed by atoms with E-state index in [0.717, 1.165) is 56.0 Å². The number of amides is 1. The molecular formula is C18H30N2O. The highest BCUT2D eigenvalue weighted by Crippen LogP contribution is 2.56. The standard InChI is InChI=1S/C18H30N2O/c1-2-19-6-5-16-3-4-17(21)20(16)18-14-8-12-7-13(10-14)11-15(18)9-12/h12-16,18-19H,2-11H2,1H3/t12?,13?,14?,15?,16-,18?/m0/s1. The van der Waals surface area contributed by atoms with Crippen LogP contribution >= 0.6 is 0 Å². The summed E-state index contributed by atoms with van der Waals surface area (Å²) >= 11 is 0. The summed E-state index contributed by atoms with van der Waals surface area (Å²) in [5.74, 6) is 4.15. The molecule has 0 aromatic heterocycles. The Labute approximate surface area is 128 Å². The fourth-order valence-corrected chi connectivity index (χ4v) is 6.25. The van der Waals surface area contributed by atoms with Crippen molar-refractivity contribution in [3.8, 4) is 0 Å². The summed E-state index contributed by atoms with van der Waals surface area (Å²) in [6.07, 6.45) is 10.2. The number of rotatable bonds is 5. The van der Waals surface area contributed by atoms with E-state index in [1.54, 1.807) is 0 Å². The van der Waals surface area contributed by atoms with Crippen molar-refractivity contribution in [3.05, 3.63) is 0 Å². The Kier molecular flexibility index (Phi) is 3.72. The van der Waals surface area contributed by atoms with Gasteiger partial charge in [-0.25, -0.2) is 0 Å². The Balaban J connectivity index is 1.49. The Morgan fingerprint density at radius 2 is 1.76 bits per heavy atom. The van der Waals surface area contributed by atoms with Gasteiger partial charge in [-0.3, -0.25) is 4.79 Å². The Morgan fingerprint density at radius 3 is 2.38 bits per heavy atom. The van der Waals surface area contributed by atoms with Crippen molar-refractivity contribution in [1.29, 1.82) is 0 Å². The fourth-order valence-electron chi connectivity index (χ4n) is 6.25. The van der Waals surface area contributed by atoms with E-state index in [-0.39, 0.29) is 0 Å².